The topological polar surface area (TPSA) is 33.2 Å². The number of hydrogen-bond donors (Lipinski definition) is 0. The van der Waals surface area contributed by atoms with Crippen molar-refractivity contribution in [3.05, 3.63) is 47.2 Å². The maximum Gasteiger partial charge on any atom is 0.227 e. The van der Waals surface area contributed by atoms with Crippen molar-refractivity contribution in [2.75, 3.05) is 11.4 Å². The number of rotatable bonds is 2. The summed E-state index contributed by atoms with van der Waals surface area (Å²) in [7, 11) is 0. The lowest BCUT2D eigenvalue weighted by Gasteiger charge is -2.16. The maximum atomic E-state index is 11.9. The van der Waals surface area contributed by atoms with E-state index in [-0.39, 0.29) is 5.91 Å². The highest BCUT2D eigenvalue weighted by atomic mass is 79.9. The molecule has 2 aromatic rings. The summed E-state index contributed by atoms with van der Waals surface area (Å²) in [5.74, 6) is 0.658. The van der Waals surface area contributed by atoms with Gasteiger partial charge in [-0.2, -0.15) is 0 Å². The van der Waals surface area contributed by atoms with Crippen LogP contribution in [-0.4, -0.2) is 17.4 Å². The summed E-state index contributed by atoms with van der Waals surface area (Å²) in [5, 5.41) is 0. The summed E-state index contributed by atoms with van der Waals surface area (Å²) >= 11 is 3.43. The standard InChI is InChI=1S/C16H15BrN2O/c1-11-6-16(20)19(10-11)15-4-2-12(3-5-15)13-7-14(17)9-18-8-13/h2-5,7-9,11H,6,10H2,1H3/t11-/m1/s1. The van der Waals surface area contributed by atoms with Crippen molar-refractivity contribution < 1.29 is 4.79 Å². The molecule has 1 fully saturated rings. The van der Waals surface area contributed by atoms with Crippen LogP contribution in [0, 0.1) is 5.92 Å². The molecule has 1 atom stereocenters. The van der Waals surface area contributed by atoms with Gasteiger partial charge >= 0.3 is 0 Å². The van der Waals surface area contributed by atoms with E-state index >= 15 is 0 Å². The van der Waals surface area contributed by atoms with Crippen molar-refractivity contribution >= 4 is 27.5 Å². The van der Waals surface area contributed by atoms with Crippen LogP contribution in [0.4, 0.5) is 5.69 Å². The summed E-state index contributed by atoms with van der Waals surface area (Å²) in [5.41, 5.74) is 3.14. The van der Waals surface area contributed by atoms with Gasteiger partial charge in [0.2, 0.25) is 5.91 Å². The second kappa shape index (κ2) is 5.37. The van der Waals surface area contributed by atoms with E-state index in [9.17, 15) is 4.79 Å². The Balaban J connectivity index is 1.86. The molecule has 3 nitrogen and oxygen atoms in total. The van der Waals surface area contributed by atoms with Crippen molar-refractivity contribution in [3.8, 4) is 11.1 Å². The Bertz CT molecular complexity index is 639. The van der Waals surface area contributed by atoms with E-state index in [0.717, 1.165) is 27.8 Å². The molecule has 1 amide bonds. The Kier molecular flexibility index (Phi) is 3.57. The highest BCUT2D eigenvalue weighted by Crippen LogP contribution is 2.28. The molecule has 0 aliphatic carbocycles. The minimum absolute atomic E-state index is 0.217. The number of carbonyl (C=O) groups is 1. The summed E-state index contributed by atoms with van der Waals surface area (Å²) in [6, 6.07) is 10.1. The third kappa shape index (κ3) is 2.61. The quantitative estimate of drug-likeness (QED) is 0.837. The number of nitrogens with zero attached hydrogens (tertiary/aromatic N) is 2. The molecule has 0 bridgehead atoms. The molecule has 2 heterocycles. The molecule has 0 saturated carbocycles. The number of hydrogen-bond acceptors (Lipinski definition) is 2. The molecule has 1 saturated heterocycles. The Morgan fingerprint density at radius 3 is 2.55 bits per heavy atom. The van der Waals surface area contributed by atoms with Gasteiger partial charge in [0.15, 0.2) is 0 Å². The Labute approximate surface area is 126 Å². The van der Waals surface area contributed by atoms with E-state index in [1.165, 1.54) is 0 Å². The molecule has 0 radical (unpaired) electrons. The van der Waals surface area contributed by atoms with Crippen LogP contribution in [0.15, 0.2) is 47.2 Å². The van der Waals surface area contributed by atoms with E-state index in [2.05, 4.69) is 27.8 Å². The number of pyridine rings is 1. The number of aromatic nitrogens is 1. The highest BCUT2D eigenvalue weighted by molar-refractivity contribution is 9.10. The number of amides is 1. The van der Waals surface area contributed by atoms with E-state index in [1.807, 2.05) is 41.4 Å². The maximum absolute atomic E-state index is 11.9. The smallest absolute Gasteiger partial charge is 0.227 e. The number of anilines is 1. The minimum atomic E-state index is 0.217. The zero-order valence-corrected chi connectivity index (χ0v) is 12.8. The van der Waals surface area contributed by atoms with Crippen LogP contribution in [0.3, 0.4) is 0 Å². The van der Waals surface area contributed by atoms with Gasteiger partial charge in [-0.05, 0) is 45.6 Å². The predicted molar refractivity (Wildman–Crippen MR) is 83.5 cm³/mol. The van der Waals surface area contributed by atoms with E-state index in [4.69, 9.17) is 0 Å². The molecule has 1 aliphatic rings. The fourth-order valence-electron chi connectivity index (χ4n) is 2.54. The zero-order valence-electron chi connectivity index (χ0n) is 11.2. The fourth-order valence-corrected chi connectivity index (χ4v) is 2.90. The molecule has 1 aromatic heterocycles. The summed E-state index contributed by atoms with van der Waals surface area (Å²) in [6.45, 7) is 2.93. The second-order valence-electron chi connectivity index (χ2n) is 5.25. The third-order valence-electron chi connectivity index (χ3n) is 3.54. The number of halogens is 1. The normalized spacial score (nSPS) is 18.6. The van der Waals surface area contributed by atoms with Gasteiger partial charge in [0.1, 0.15) is 0 Å². The monoisotopic (exact) mass is 330 g/mol. The molecule has 4 heteroatoms. The van der Waals surface area contributed by atoms with Gasteiger partial charge in [-0.3, -0.25) is 9.78 Å². The molecule has 1 aliphatic heterocycles. The molecular formula is C16H15BrN2O. The molecule has 0 N–H and O–H groups in total. The summed E-state index contributed by atoms with van der Waals surface area (Å²) < 4.78 is 0.961. The van der Waals surface area contributed by atoms with Crippen molar-refractivity contribution in [2.24, 2.45) is 5.92 Å². The number of carbonyl (C=O) groups excluding carboxylic acids is 1. The molecule has 0 unspecified atom stereocenters. The van der Waals surface area contributed by atoms with Gasteiger partial charge in [-0.15, -0.1) is 0 Å². The fraction of sp³-hybridized carbons (Fsp3) is 0.250. The van der Waals surface area contributed by atoms with Gasteiger partial charge < -0.3 is 4.90 Å². The van der Waals surface area contributed by atoms with Crippen molar-refractivity contribution in [2.45, 2.75) is 13.3 Å². The van der Waals surface area contributed by atoms with E-state index in [0.29, 0.717) is 12.3 Å². The average molecular weight is 331 g/mol. The van der Waals surface area contributed by atoms with Gasteiger partial charge in [-0.25, -0.2) is 0 Å². The van der Waals surface area contributed by atoms with Gasteiger partial charge in [0, 0.05) is 41.1 Å². The van der Waals surface area contributed by atoms with Crippen LogP contribution < -0.4 is 4.90 Å². The first-order valence-corrected chi connectivity index (χ1v) is 7.44. The predicted octanol–water partition coefficient (Wildman–Crippen LogP) is 3.88. The first-order valence-electron chi connectivity index (χ1n) is 6.65. The zero-order chi connectivity index (χ0) is 14.1. The van der Waals surface area contributed by atoms with Crippen LogP contribution in [-0.2, 0) is 4.79 Å². The van der Waals surface area contributed by atoms with E-state index < -0.39 is 0 Å². The Hall–Kier alpha value is -1.68. The lowest BCUT2D eigenvalue weighted by molar-refractivity contribution is -0.117. The lowest BCUT2D eigenvalue weighted by atomic mass is 10.1. The summed E-state index contributed by atoms with van der Waals surface area (Å²) in [6.07, 6.45) is 4.25. The molecule has 102 valence electrons. The summed E-state index contributed by atoms with van der Waals surface area (Å²) in [4.78, 5) is 17.9. The first kappa shape index (κ1) is 13.3. The third-order valence-corrected chi connectivity index (χ3v) is 3.97. The van der Waals surface area contributed by atoms with E-state index in [1.54, 1.807) is 6.20 Å². The highest BCUT2D eigenvalue weighted by Gasteiger charge is 2.27. The Morgan fingerprint density at radius 1 is 1.20 bits per heavy atom. The molecular weight excluding hydrogens is 316 g/mol. The largest absolute Gasteiger partial charge is 0.312 e. The van der Waals surface area contributed by atoms with Crippen LogP contribution >= 0.6 is 15.9 Å². The molecule has 20 heavy (non-hydrogen) atoms. The molecule has 0 spiro atoms. The molecule has 3 rings (SSSR count). The number of benzene rings is 1. The minimum Gasteiger partial charge on any atom is -0.312 e. The average Bonchev–Trinajstić information content (AvgIpc) is 2.78. The molecule has 1 aromatic carbocycles. The Morgan fingerprint density at radius 2 is 1.95 bits per heavy atom. The first-order chi connectivity index (χ1) is 9.63. The van der Waals surface area contributed by atoms with Gasteiger partial charge in [0.05, 0.1) is 0 Å². The van der Waals surface area contributed by atoms with Crippen molar-refractivity contribution in [3.63, 3.8) is 0 Å². The van der Waals surface area contributed by atoms with Crippen molar-refractivity contribution in [1.29, 1.82) is 0 Å². The van der Waals surface area contributed by atoms with Crippen LogP contribution in [0.2, 0.25) is 0 Å². The SMILES string of the molecule is C[C@@H]1CC(=O)N(c2ccc(-c3cncc(Br)c3)cc2)C1. The van der Waals surface area contributed by atoms with Crippen molar-refractivity contribution in [1.82, 2.24) is 4.98 Å². The van der Waals surface area contributed by atoms with Crippen LogP contribution in [0.5, 0.6) is 0 Å². The van der Waals surface area contributed by atoms with Gasteiger partial charge in [0.25, 0.3) is 0 Å². The van der Waals surface area contributed by atoms with Gasteiger partial charge in [-0.1, -0.05) is 19.1 Å². The van der Waals surface area contributed by atoms with Crippen LogP contribution in [0.25, 0.3) is 11.1 Å². The van der Waals surface area contributed by atoms with Crippen LogP contribution in [0.1, 0.15) is 13.3 Å². The second-order valence-corrected chi connectivity index (χ2v) is 6.17. The lowest BCUT2D eigenvalue weighted by Crippen LogP contribution is -2.24.